The van der Waals surface area contributed by atoms with E-state index in [1.165, 1.54) is 24.8 Å². The van der Waals surface area contributed by atoms with Crippen molar-refractivity contribution in [3.05, 3.63) is 34.9 Å². The van der Waals surface area contributed by atoms with Crippen LogP contribution in [-0.2, 0) is 19.1 Å². The van der Waals surface area contributed by atoms with Gasteiger partial charge in [0, 0.05) is 16.6 Å². The SMILES string of the molecule is C/C=C(/C)C(=O)O[C@H]1[C@H](OC(=O)/C(C)=C\C)[C@@]2(CO)C(CC1(C)C)C1=CCC3[C@@]4(C)CC[C@H](C)C(C)(C)C4CC[C@@]3(C)[C@]1(C)C[C@H]2O. The summed E-state index contributed by atoms with van der Waals surface area (Å²) in [4.78, 5) is 26.8. The van der Waals surface area contributed by atoms with Crippen molar-refractivity contribution in [1.82, 2.24) is 0 Å². The van der Waals surface area contributed by atoms with E-state index in [2.05, 4.69) is 61.5 Å². The molecule has 0 saturated heterocycles. The predicted molar refractivity (Wildman–Crippen MR) is 186 cm³/mol. The van der Waals surface area contributed by atoms with E-state index < -0.39 is 41.1 Å². The Bertz CT molecular complexity index is 1370. The van der Waals surface area contributed by atoms with Gasteiger partial charge in [0.1, 0.15) is 6.10 Å². The molecule has 0 spiro atoms. The Morgan fingerprint density at radius 2 is 1.45 bits per heavy atom. The van der Waals surface area contributed by atoms with Crippen LogP contribution in [0.3, 0.4) is 0 Å². The number of rotatable bonds is 5. The summed E-state index contributed by atoms with van der Waals surface area (Å²) in [7, 11) is 0. The van der Waals surface area contributed by atoms with E-state index in [1.54, 1.807) is 39.8 Å². The fourth-order valence-electron chi connectivity index (χ4n) is 12.1. The number of fused-ring (bicyclic) bond motifs is 7. The zero-order valence-corrected chi connectivity index (χ0v) is 31.5. The van der Waals surface area contributed by atoms with Crippen LogP contribution >= 0.6 is 0 Å². The lowest BCUT2D eigenvalue weighted by molar-refractivity contribution is -0.264. The maximum Gasteiger partial charge on any atom is 0.333 e. The van der Waals surface area contributed by atoms with Crippen LogP contribution in [0, 0.1) is 56.2 Å². The van der Waals surface area contributed by atoms with Crippen LogP contribution in [0.5, 0.6) is 0 Å². The molecule has 0 aromatic rings. The summed E-state index contributed by atoms with van der Waals surface area (Å²) in [5, 5.41) is 24.1. The highest BCUT2D eigenvalue weighted by Gasteiger charge is 2.73. The number of hydrogen-bond acceptors (Lipinski definition) is 6. The number of allylic oxidation sites excluding steroid dienone is 4. The van der Waals surface area contributed by atoms with Crippen molar-refractivity contribution in [2.24, 2.45) is 56.2 Å². The number of carbonyl (C=O) groups is 2. The number of ether oxygens (including phenoxy) is 2. The fraction of sp³-hybridized carbons (Fsp3) is 0.805. The highest BCUT2D eigenvalue weighted by Crippen LogP contribution is 2.76. The van der Waals surface area contributed by atoms with E-state index in [-0.39, 0.29) is 34.2 Å². The Morgan fingerprint density at radius 3 is 2.00 bits per heavy atom. The highest BCUT2D eigenvalue weighted by molar-refractivity contribution is 5.88. The van der Waals surface area contributed by atoms with Crippen molar-refractivity contribution in [2.45, 2.75) is 146 Å². The molecule has 4 saturated carbocycles. The zero-order valence-electron chi connectivity index (χ0n) is 31.5. The summed E-state index contributed by atoms with van der Waals surface area (Å²) >= 11 is 0. The molecule has 0 aromatic carbocycles. The molecule has 3 unspecified atom stereocenters. The minimum atomic E-state index is -1.22. The van der Waals surface area contributed by atoms with Gasteiger partial charge in [-0.15, -0.1) is 0 Å². The number of aliphatic hydroxyl groups excluding tert-OH is 2. The van der Waals surface area contributed by atoms with Crippen molar-refractivity contribution in [3.63, 3.8) is 0 Å². The third-order valence-corrected chi connectivity index (χ3v) is 15.9. The molecule has 0 heterocycles. The molecule has 0 radical (unpaired) electrons. The second-order valence-corrected chi connectivity index (χ2v) is 18.4. The van der Waals surface area contributed by atoms with E-state index in [0.29, 0.717) is 41.7 Å². The molecular weight excluding hydrogens is 588 g/mol. The van der Waals surface area contributed by atoms with E-state index >= 15 is 0 Å². The van der Waals surface area contributed by atoms with Gasteiger partial charge in [-0.05, 0) is 118 Å². The predicted octanol–water partition coefficient (Wildman–Crippen LogP) is 8.36. The average Bonchev–Trinajstić information content (AvgIpc) is 3.00. The van der Waals surface area contributed by atoms with Gasteiger partial charge in [-0.3, -0.25) is 0 Å². The van der Waals surface area contributed by atoms with Gasteiger partial charge in [-0.1, -0.05) is 79.2 Å². The van der Waals surface area contributed by atoms with Gasteiger partial charge >= 0.3 is 11.9 Å². The molecule has 11 atom stereocenters. The Labute approximate surface area is 284 Å². The molecule has 5 aliphatic rings. The van der Waals surface area contributed by atoms with Gasteiger partial charge < -0.3 is 19.7 Å². The van der Waals surface area contributed by atoms with Gasteiger partial charge in [0.25, 0.3) is 0 Å². The second-order valence-electron chi connectivity index (χ2n) is 18.4. The molecule has 0 amide bonds. The summed E-state index contributed by atoms with van der Waals surface area (Å²) in [6, 6.07) is 0. The molecule has 5 aliphatic carbocycles. The Hall–Kier alpha value is -1.92. The van der Waals surface area contributed by atoms with Gasteiger partial charge in [0.05, 0.1) is 18.1 Å². The summed E-state index contributed by atoms with van der Waals surface area (Å²) in [6.45, 7) is 25.6. The van der Waals surface area contributed by atoms with E-state index in [0.717, 1.165) is 12.8 Å². The highest BCUT2D eigenvalue weighted by atomic mass is 16.6. The monoisotopic (exact) mass is 652 g/mol. The number of aliphatic hydroxyl groups is 2. The first-order valence-electron chi connectivity index (χ1n) is 18.4. The average molecular weight is 653 g/mol. The standard InChI is InChI=1S/C41H64O6/c1-13-24(3)34(44)46-32-33(47-35(45)25(4)14-2)41(23-42)28(21-36(32,6)7)27-15-16-30-38(10)19-17-26(5)37(8,9)29(38)18-20-39(30,11)40(27,12)22-31(41)43/h13-15,26,28-33,42-43H,16-23H2,1-12H3/b24-13-,25-14-/t26-,28?,29?,30?,31+,32-,33-,38-,39+,40+,41-/m0/s1. The lowest BCUT2D eigenvalue weighted by Crippen LogP contribution is -2.72. The molecule has 0 bridgehead atoms. The van der Waals surface area contributed by atoms with Gasteiger partial charge in [0.2, 0.25) is 0 Å². The summed E-state index contributed by atoms with van der Waals surface area (Å²) in [5.74, 6) is 0.607. The second kappa shape index (κ2) is 11.9. The van der Waals surface area contributed by atoms with Gasteiger partial charge in [-0.2, -0.15) is 0 Å². The van der Waals surface area contributed by atoms with E-state index in [4.69, 9.17) is 9.47 Å². The molecule has 0 aromatic heterocycles. The lowest BCUT2D eigenvalue weighted by atomic mass is 9.32. The number of esters is 2. The molecular formula is C41H64O6. The smallest absolute Gasteiger partial charge is 0.333 e. The van der Waals surface area contributed by atoms with Crippen molar-refractivity contribution in [1.29, 1.82) is 0 Å². The van der Waals surface area contributed by atoms with Crippen LogP contribution < -0.4 is 0 Å². The van der Waals surface area contributed by atoms with Crippen LogP contribution in [0.15, 0.2) is 34.9 Å². The summed E-state index contributed by atoms with van der Waals surface area (Å²) in [6.07, 6.45) is 9.87. The molecule has 0 aliphatic heterocycles. The minimum absolute atomic E-state index is 0.0359. The third-order valence-electron chi connectivity index (χ3n) is 15.9. The van der Waals surface area contributed by atoms with Crippen molar-refractivity contribution in [3.8, 4) is 0 Å². The number of carbonyl (C=O) groups excluding carboxylic acids is 2. The molecule has 6 heteroatoms. The largest absolute Gasteiger partial charge is 0.454 e. The molecule has 2 N–H and O–H groups in total. The maximum atomic E-state index is 13.5. The Morgan fingerprint density at radius 1 is 0.872 bits per heavy atom. The molecule has 264 valence electrons. The minimum Gasteiger partial charge on any atom is -0.454 e. The topological polar surface area (TPSA) is 93.1 Å². The van der Waals surface area contributed by atoms with Crippen LogP contribution in [0.4, 0.5) is 0 Å². The van der Waals surface area contributed by atoms with Crippen LogP contribution in [0.2, 0.25) is 0 Å². The molecule has 6 nitrogen and oxygen atoms in total. The molecule has 4 fully saturated rings. The maximum absolute atomic E-state index is 13.5. The van der Waals surface area contributed by atoms with Crippen LogP contribution in [-0.4, -0.2) is 47.1 Å². The number of hydrogen-bond donors (Lipinski definition) is 2. The van der Waals surface area contributed by atoms with Crippen molar-refractivity contribution in [2.75, 3.05) is 6.61 Å². The summed E-state index contributed by atoms with van der Waals surface area (Å²) < 4.78 is 12.6. The zero-order chi connectivity index (χ0) is 35.1. The third kappa shape index (κ3) is 4.99. The van der Waals surface area contributed by atoms with Crippen molar-refractivity contribution >= 4 is 11.9 Å². The normalized spacial score (nSPS) is 45.7. The lowest BCUT2D eigenvalue weighted by Gasteiger charge is -2.72. The van der Waals surface area contributed by atoms with Gasteiger partial charge in [-0.25, -0.2) is 9.59 Å². The van der Waals surface area contributed by atoms with Crippen molar-refractivity contribution < 1.29 is 29.3 Å². The first-order chi connectivity index (χ1) is 21.7. The first kappa shape index (κ1) is 36.4. The van der Waals surface area contributed by atoms with Crippen LogP contribution in [0.1, 0.15) is 128 Å². The molecule has 47 heavy (non-hydrogen) atoms. The van der Waals surface area contributed by atoms with E-state index in [1.807, 2.05) is 0 Å². The van der Waals surface area contributed by atoms with E-state index in [9.17, 15) is 19.8 Å². The molecule has 5 rings (SSSR count). The van der Waals surface area contributed by atoms with Gasteiger partial charge in [0.15, 0.2) is 6.10 Å². The quantitative estimate of drug-likeness (QED) is 0.176. The fourth-order valence-corrected chi connectivity index (χ4v) is 12.1. The Balaban J connectivity index is 1.65. The van der Waals surface area contributed by atoms with Crippen LogP contribution in [0.25, 0.3) is 0 Å². The Kier molecular flexibility index (Phi) is 9.17. The summed E-state index contributed by atoms with van der Waals surface area (Å²) in [5.41, 5.74) is 0.536. The first-order valence-corrected chi connectivity index (χ1v) is 18.4.